The summed E-state index contributed by atoms with van der Waals surface area (Å²) in [6, 6.07) is 8.23. The van der Waals surface area contributed by atoms with E-state index in [1.165, 1.54) is 18.4 Å². The summed E-state index contributed by atoms with van der Waals surface area (Å²) in [6.07, 6.45) is 2.97. The third-order valence-electron chi connectivity index (χ3n) is 1.85. The van der Waals surface area contributed by atoms with Crippen LogP contribution in [0.4, 0.5) is 0 Å². The van der Waals surface area contributed by atoms with Gasteiger partial charge in [0, 0.05) is 0 Å². The monoisotopic (exact) mass is 178 g/mol. The van der Waals surface area contributed by atoms with Crippen molar-refractivity contribution in [2.24, 2.45) is 0 Å². The van der Waals surface area contributed by atoms with E-state index in [4.69, 9.17) is 4.74 Å². The zero-order chi connectivity index (χ0) is 9.68. The van der Waals surface area contributed by atoms with Gasteiger partial charge in [-0.15, -0.1) is 0 Å². The topological polar surface area (TPSA) is 9.23 Å². The van der Waals surface area contributed by atoms with Crippen LogP contribution in [0.1, 0.15) is 32.3 Å². The van der Waals surface area contributed by atoms with Crippen LogP contribution in [0.15, 0.2) is 24.3 Å². The molecule has 0 atom stereocenters. The van der Waals surface area contributed by atoms with Crippen molar-refractivity contribution in [3.8, 4) is 5.75 Å². The van der Waals surface area contributed by atoms with Gasteiger partial charge in [-0.1, -0.05) is 31.5 Å². The van der Waals surface area contributed by atoms with Crippen molar-refractivity contribution < 1.29 is 4.74 Å². The van der Waals surface area contributed by atoms with Gasteiger partial charge < -0.3 is 4.74 Å². The summed E-state index contributed by atoms with van der Waals surface area (Å²) in [6.45, 7) is 6.08. The first-order valence-corrected chi connectivity index (χ1v) is 5.08. The summed E-state index contributed by atoms with van der Waals surface area (Å²) in [4.78, 5) is 0. The highest BCUT2D eigenvalue weighted by Gasteiger charge is 2.23. The van der Waals surface area contributed by atoms with Gasteiger partial charge in [0.05, 0.1) is 6.10 Å². The lowest BCUT2D eigenvalue weighted by Gasteiger charge is -2.02. The van der Waals surface area contributed by atoms with Gasteiger partial charge in [0.15, 0.2) is 0 Å². The molecule has 0 spiro atoms. The highest BCUT2D eigenvalue weighted by molar-refractivity contribution is 5.26. The Balaban J connectivity index is 0.000000396. The molecule has 1 saturated carbocycles. The van der Waals surface area contributed by atoms with Crippen LogP contribution in [0.25, 0.3) is 0 Å². The largest absolute Gasteiger partial charge is 0.490 e. The average Bonchev–Trinajstić information content (AvgIpc) is 2.96. The second-order valence-corrected chi connectivity index (χ2v) is 3.13. The number of hydrogen-bond acceptors (Lipinski definition) is 1. The molecule has 1 nitrogen and oxygen atoms in total. The molecule has 1 aliphatic carbocycles. The Morgan fingerprint density at radius 1 is 1.08 bits per heavy atom. The van der Waals surface area contributed by atoms with Gasteiger partial charge >= 0.3 is 0 Å². The molecule has 0 aromatic heterocycles. The fraction of sp³-hybridized carbons (Fsp3) is 0.500. The number of hydrogen-bond donors (Lipinski definition) is 0. The van der Waals surface area contributed by atoms with Gasteiger partial charge in [-0.25, -0.2) is 0 Å². The molecular weight excluding hydrogens is 160 g/mol. The zero-order valence-corrected chi connectivity index (χ0v) is 8.71. The molecule has 1 aliphatic rings. The number of aryl methyl sites for hydroxylation is 1. The molecule has 0 aliphatic heterocycles. The number of benzene rings is 1. The fourth-order valence-electron chi connectivity index (χ4n) is 0.995. The van der Waals surface area contributed by atoms with Crippen LogP contribution in [0.2, 0.25) is 0 Å². The van der Waals surface area contributed by atoms with Crippen molar-refractivity contribution in [3.05, 3.63) is 29.8 Å². The van der Waals surface area contributed by atoms with Crippen LogP contribution in [-0.2, 0) is 0 Å². The fourth-order valence-corrected chi connectivity index (χ4v) is 0.995. The van der Waals surface area contributed by atoms with Crippen LogP contribution in [0.5, 0.6) is 5.75 Å². The van der Waals surface area contributed by atoms with E-state index in [9.17, 15) is 0 Å². The predicted octanol–water partition coefficient (Wildman–Crippen LogP) is 3.56. The minimum absolute atomic E-state index is 0.512. The second-order valence-electron chi connectivity index (χ2n) is 3.13. The second kappa shape index (κ2) is 4.90. The van der Waals surface area contributed by atoms with E-state index in [1.807, 2.05) is 26.0 Å². The van der Waals surface area contributed by atoms with Crippen molar-refractivity contribution in [2.75, 3.05) is 0 Å². The van der Waals surface area contributed by atoms with Gasteiger partial charge in [0.1, 0.15) is 5.75 Å². The van der Waals surface area contributed by atoms with Gasteiger partial charge in [0.25, 0.3) is 0 Å². The lowest BCUT2D eigenvalue weighted by atomic mass is 10.2. The Morgan fingerprint density at radius 3 is 2.08 bits per heavy atom. The molecule has 0 bridgehead atoms. The first-order chi connectivity index (χ1) is 6.34. The Morgan fingerprint density at radius 2 is 1.62 bits per heavy atom. The number of rotatable bonds is 2. The minimum atomic E-state index is 0.512. The number of ether oxygens (including phenoxy) is 1. The molecule has 0 unspecified atom stereocenters. The minimum Gasteiger partial charge on any atom is -0.490 e. The van der Waals surface area contributed by atoms with E-state index in [2.05, 4.69) is 19.1 Å². The maximum absolute atomic E-state index is 5.58. The van der Waals surface area contributed by atoms with E-state index in [0.717, 1.165) is 5.75 Å². The summed E-state index contributed by atoms with van der Waals surface area (Å²) in [5, 5.41) is 0. The normalized spacial score (nSPS) is 14.4. The molecule has 0 radical (unpaired) electrons. The van der Waals surface area contributed by atoms with E-state index in [1.54, 1.807) is 0 Å². The van der Waals surface area contributed by atoms with E-state index < -0.39 is 0 Å². The Hall–Kier alpha value is -0.980. The zero-order valence-electron chi connectivity index (χ0n) is 8.71. The summed E-state index contributed by atoms with van der Waals surface area (Å²) < 4.78 is 5.58. The Labute approximate surface area is 80.7 Å². The van der Waals surface area contributed by atoms with Gasteiger partial charge in [0.2, 0.25) is 0 Å². The summed E-state index contributed by atoms with van der Waals surface area (Å²) in [5.41, 5.74) is 1.29. The lowest BCUT2D eigenvalue weighted by Crippen LogP contribution is -1.94. The molecule has 0 N–H and O–H groups in total. The Kier molecular flexibility index (Phi) is 3.81. The molecule has 1 aromatic rings. The quantitative estimate of drug-likeness (QED) is 0.672. The van der Waals surface area contributed by atoms with Gasteiger partial charge in [-0.3, -0.25) is 0 Å². The van der Waals surface area contributed by atoms with Crippen LogP contribution in [0, 0.1) is 6.92 Å². The lowest BCUT2D eigenvalue weighted by molar-refractivity contribution is 0.303. The van der Waals surface area contributed by atoms with Crippen LogP contribution in [-0.4, -0.2) is 6.10 Å². The van der Waals surface area contributed by atoms with Crippen molar-refractivity contribution in [1.82, 2.24) is 0 Å². The van der Waals surface area contributed by atoms with Crippen molar-refractivity contribution in [1.29, 1.82) is 0 Å². The Bertz CT molecular complexity index is 234. The molecule has 1 heteroatoms. The van der Waals surface area contributed by atoms with Crippen LogP contribution < -0.4 is 4.74 Å². The van der Waals surface area contributed by atoms with Crippen molar-refractivity contribution >= 4 is 0 Å². The first-order valence-electron chi connectivity index (χ1n) is 5.08. The molecule has 2 rings (SSSR count). The molecule has 1 fully saturated rings. The maximum atomic E-state index is 5.58. The van der Waals surface area contributed by atoms with E-state index >= 15 is 0 Å². The van der Waals surface area contributed by atoms with E-state index in [0.29, 0.717) is 6.10 Å². The molecule has 13 heavy (non-hydrogen) atoms. The summed E-state index contributed by atoms with van der Waals surface area (Å²) in [7, 11) is 0. The third-order valence-corrected chi connectivity index (χ3v) is 1.85. The summed E-state index contributed by atoms with van der Waals surface area (Å²) in [5.74, 6) is 1.01. The molecule has 0 saturated heterocycles. The molecule has 1 aromatic carbocycles. The first kappa shape index (κ1) is 10.1. The molecular formula is C12H18O. The van der Waals surface area contributed by atoms with Gasteiger partial charge in [-0.05, 0) is 31.9 Å². The molecule has 0 heterocycles. The third kappa shape index (κ3) is 3.49. The van der Waals surface area contributed by atoms with E-state index in [-0.39, 0.29) is 0 Å². The highest BCUT2D eigenvalue weighted by atomic mass is 16.5. The smallest absolute Gasteiger partial charge is 0.119 e. The highest BCUT2D eigenvalue weighted by Crippen LogP contribution is 2.26. The average molecular weight is 178 g/mol. The predicted molar refractivity (Wildman–Crippen MR) is 56.2 cm³/mol. The molecule has 0 amide bonds. The van der Waals surface area contributed by atoms with Crippen LogP contribution in [0.3, 0.4) is 0 Å². The standard InChI is InChI=1S/C10H12O.C2H6/c1-8-2-4-9(5-3-8)11-10-6-7-10;1-2/h2-5,10H,6-7H2,1H3;1-2H3. The van der Waals surface area contributed by atoms with Crippen LogP contribution >= 0.6 is 0 Å². The van der Waals surface area contributed by atoms with Gasteiger partial charge in [-0.2, -0.15) is 0 Å². The SMILES string of the molecule is CC.Cc1ccc(OC2CC2)cc1. The van der Waals surface area contributed by atoms with Crippen molar-refractivity contribution in [2.45, 2.75) is 39.7 Å². The maximum Gasteiger partial charge on any atom is 0.119 e. The summed E-state index contributed by atoms with van der Waals surface area (Å²) >= 11 is 0. The molecule has 72 valence electrons. The van der Waals surface area contributed by atoms with Crippen molar-refractivity contribution in [3.63, 3.8) is 0 Å².